The van der Waals surface area contributed by atoms with Crippen molar-refractivity contribution in [3.8, 4) is 11.1 Å². The highest BCUT2D eigenvalue weighted by molar-refractivity contribution is 5.74. The first-order valence-corrected chi connectivity index (χ1v) is 11.8. The number of unbranched alkanes of at least 4 members (excludes halogenated alkanes) is 2. The molecule has 2 heteroatoms. The van der Waals surface area contributed by atoms with Crippen LogP contribution in [0, 0.1) is 0 Å². The molecule has 2 aromatic rings. The van der Waals surface area contributed by atoms with Gasteiger partial charge in [0, 0.05) is 17.0 Å². The fraction of sp³-hybridized carbons (Fsp3) is 0.593. The molecule has 3 rings (SSSR count). The minimum absolute atomic E-state index is 0.0616. The van der Waals surface area contributed by atoms with Crippen LogP contribution in [-0.4, -0.2) is 10.1 Å². The Labute approximate surface area is 177 Å². The van der Waals surface area contributed by atoms with Gasteiger partial charge < -0.3 is 5.11 Å². The predicted octanol–water partition coefficient (Wildman–Crippen LogP) is 7.10. The van der Waals surface area contributed by atoms with E-state index < -0.39 is 0 Å². The van der Waals surface area contributed by atoms with Gasteiger partial charge in [-0.3, -0.25) is 4.98 Å². The number of fused-ring (bicyclic) bond motifs is 1. The summed E-state index contributed by atoms with van der Waals surface area (Å²) in [4.78, 5) is 5.13. The van der Waals surface area contributed by atoms with Crippen LogP contribution in [0.25, 0.3) is 11.1 Å². The maximum atomic E-state index is 10.4. The predicted molar refractivity (Wildman–Crippen MR) is 124 cm³/mol. The Bertz CT molecular complexity index is 835. The zero-order valence-electron chi connectivity index (χ0n) is 19.1. The summed E-state index contributed by atoms with van der Waals surface area (Å²) in [5, 5.41) is 10.4. The third-order valence-electron chi connectivity index (χ3n) is 6.38. The Kier molecular flexibility index (Phi) is 7.51. The van der Waals surface area contributed by atoms with E-state index in [2.05, 4.69) is 52.8 Å². The Hall–Kier alpha value is -1.67. The van der Waals surface area contributed by atoms with Crippen LogP contribution in [0.15, 0.2) is 18.2 Å². The van der Waals surface area contributed by atoms with Crippen molar-refractivity contribution in [3.05, 3.63) is 51.8 Å². The molecule has 0 spiro atoms. The molecule has 1 aliphatic rings. The van der Waals surface area contributed by atoms with E-state index in [9.17, 15) is 5.11 Å². The van der Waals surface area contributed by atoms with Crippen molar-refractivity contribution in [2.75, 3.05) is 0 Å². The molecule has 0 unspecified atom stereocenters. The van der Waals surface area contributed by atoms with Crippen LogP contribution in [0.1, 0.15) is 112 Å². The van der Waals surface area contributed by atoms with E-state index in [4.69, 9.17) is 4.98 Å². The molecule has 0 fully saturated rings. The summed E-state index contributed by atoms with van der Waals surface area (Å²) in [5.41, 5.74) is 10.3. The van der Waals surface area contributed by atoms with Crippen LogP contribution < -0.4 is 0 Å². The first-order valence-electron chi connectivity index (χ1n) is 11.8. The maximum Gasteiger partial charge on any atom is 0.0705 e. The number of aliphatic hydroxyl groups is 1. The second kappa shape index (κ2) is 9.89. The standard InChI is InChI=1S/C27H39NO/c1-6-7-8-13-23-25(22-15-14-20-11-9-10-12-21(20)16-22)24(17-29)27(19(4)5)28-26(23)18(2)3/h14-16,18-19,29H,6-13,17H2,1-5H3. The summed E-state index contributed by atoms with van der Waals surface area (Å²) in [6, 6.07) is 7.06. The molecule has 2 nitrogen and oxygen atoms in total. The average molecular weight is 394 g/mol. The van der Waals surface area contributed by atoms with Crippen LogP contribution >= 0.6 is 0 Å². The van der Waals surface area contributed by atoms with E-state index in [0.29, 0.717) is 11.8 Å². The van der Waals surface area contributed by atoms with Crippen LogP contribution in [0.3, 0.4) is 0 Å². The van der Waals surface area contributed by atoms with Gasteiger partial charge in [0.05, 0.1) is 6.61 Å². The Morgan fingerprint density at radius 3 is 2.17 bits per heavy atom. The Morgan fingerprint density at radius 2 is 1.55 bits per heavy atom. The molecule has 29 heavy (non-hydrogen) atoms. The molecular formula is C27H39NO. The number of aromatic nitrogens is 1. The summed E-state index contributed by atoms with van der Waals surface area (Å²) in [6.45, 7) is 11.2. The van der Waals surface area contributed by atoms with Crippen LogP contribution in [0.5, 0.6) is 0 Å². The second-order valence-electron chi connectivity index (χ2n) is 9.33. The number of rotatable bonds is 8. The van der Waals surface area contributed by atoms with Crippen molar-refractivity contribution in [3.63, 3.8) is 0 Å². The SMILES string of the molecule is CCCCCc1c(C(C)C)nc(C(C)C)c(CO)c1-c1ccc2c(c1)CCCC2. The molecule has 1 heterocycles. The van der Waals surface area contributed by atoms with Gasteiger partial charge in [0.15, 0.2) is 0 Å². The highest BCUT2D eigenvalue weighted by atomic mass is 16.3. The van der Waals surface area contributed by atoms with Gasteiger partial charge >= 0.3 is 0 Å². The zero-order valence-corrected chi connectivity index (χ0v) is 19.1. The number of nitrogens with zero attached hydrogens (tertiary/aromatic N) is 1. The molecule has 0 radical (unpaired) electrons. The first kappa shape index (κ1) is 22.0. The third kappa shape index (κ3) is 4.74. The lowest BCUT2D eigenvalue weighted by Crippen LogP contribution is -2.13. The molecule has 1 aromatic carbocycles. The Morgan fingerprint density at radius 1 is 0.897 bits per heavy atom. The van der Waals surface area contributed by atoms with Gasteiger partial charge in [0.2, 0.25) is 0 Å². The molecule has 1 N–H and O–H groups in total. The zero-order chi connectivity index (χ0) is 21.0. The van der Waals surface area contributed by atoms with Gasteiger partial charge in [-0.1, -0.05) is 65.7 Å². The first-order chi connectivity index (χ1) is 14.0. The lowest BCUT2D eigenvalue weighted by Gasteiger charge is -2.25. The van der Waals surface area contributed by atoms with E-state index in [0.717, 1.165) is 17.7 Å². The summed E-state index contributed by atoms with van der Waals surface area (Å²) < 4.78 is 0. The molecule has 0 atom stereocenters. The summed E-state index contributed by atoms with van der Waals surface area (Å²) in [5.74, 6) is 0.684. The molecule has 1 aliphatic carbocycles. The molecule has 0 bridgehead atoms. The van der Waals surface area contributed by atoms with Crippen molar-refractivity contribution in [2.24, 2.45) is 0 Å². The van der Waals surface area contributed by atoms with E-state index in [-0.39, 0.29) is 6.61 Å². The summed E-state index contributed by atoms with van der Waals surface area (Å²) in [6.07, 6.45) is 9.67. The molecule has 0 saturated carbocycles. The molecule has 158 valence electrons. The average Bonchev–Trinajstić information content (AvgIpc) is 2.72. The van der Waals surface area contributed by atoms with Crippen LogP contribution in [0.2, 0.25) is 0 Å². The monoisotopic (exact) mass is 393 g/mol. The number of aliphatic hydroxyl groups excluding tert-OH is 1. The lowest BCUT2D eigenvalue weighted by atomic mass is 9.83. The van der Waals surface area contributed by atoms with E-state index in [1.807, 2.05) is 0 Å². The minimum atomic E-state index is 0.0616. The van der Waals surface area contributed by atoms with Crippen LogP contribution in [-0.2, 0) is 25.9 Å². The van der Waals surface area contributed by atoms with Gasteiger partial charge in [-0.05, 0) is 78.2 Å². The fourth-order valence-electron chi connectivity index (χ4n) is 4.86. The highest BCUT2D eigenvalue weighted by Gasteiger charge is 2.24. The largest absolute Gasteiger partial charge is 0.392 e. The van der Waals surface area contributed by atoms with Gasteiger partial charge in [-0.25, -0.2) is 0 Å². The van der Waals surface area contributed by atoms with Crippen molar-refractivity contribution < 1.29 is 5.11 Å². The summed E-state index contributed by atoms with van der Waals surface area (Å²) >= 11 is 0. The van der Waals surface area contributed by atoms with Gasteiger partial charge in [0.1, 0.15) is 0 Å². The smallest absolute Gasteiger partial charge is 0.0705 e. The molecular weight excluding hydrogens is 354 g/mol. The summed E-state index contributed by atoms with van der Waals surface area (Å²) in [7, 11) is 0. The van der Waals surface area contributed by atoms with Gasteiger partial charge in [-0.2, -0.15) is 0 Å². The fourth-order valence-corrected chi connectivity index (χ4v) is 4.86. The number of pyridine rings is 1. The van der Waals surface area contributed by atoms with Gasteiger partial charge in [0.25, 0.3) is 0 Å². The normalized spacial score (nSPS) is 13.9. The van der Waals surface area contributed by atoms with Crippen molar-refractivity contribution >= 4 is 0 Å². The molecule has 0 saturated heterocycles. The Balaban J connectivity index is 2.25. The molecule has 0 aliphatic heterocycles. The number of aryl methyl sites for hydroxylation is 2. The van der Waals surface area contributed by atoms with E-state index >= 15 is 0 Å². The number of hydrogen-bond donors (Lipinski definition) is 1. The molecule has 0 amide bonds. The van der Waals surface area contributed by atoms with Crippen molar-refractivity contribution in [1.29, 1.82) is 0 Å². The van der Waals surface area contributed by atoms with E-state index in [1.165, 1.54) is 78.5 Å². The maximum absolute atomic E-state index is 10.4. The lowest BCUT2D eigenvalue weighted by molar-refractivity contribution is 0.279. The molecule has 1 aromatic heterocycles. The second-order valence-corrected chi connectivity index (χ2v) is 9.33. The van der Waals surface area contributed by atoms with Crippen molar-refractivity contribution in [1.82, 2.24) is 4.98 Å². The number of hydrogen-bond acceptors (Lipinski definition) is 2. The third-order valence-corrected chi connectivity index (χ3v) is 6.38. The van der Waals surface area contributed by atoms with Crippen LogP contribution in [0.4, 0.5) is 0 Å². The van der Waals surface area contributed by atoms with E-state index in [1.54, 1.807) is 0 Å². The topological polar surface area (TPSA) is 33.1 Å². The number of benzene rings is 1. The van der Waals surface area contributed by atoms with Crippen molar-refractivity contribution in [2.45, 2.75) is 104 Å². The minimum Gasteiger partial charge on any atom is -0.392 e. The highest BCUT2D eigenvalue weighted by Crippen LogP contribution is 2.38. The van der Waals surface area contributed by atoms with Gasteiger partial charge in [-0.15, -0.1) is 0 Å². The quantitative estimate of drug-likeness (QED) is 0.485.